The molecule has 0 aliphatic carbocycles. The second-order valence-corrected chi connectivity index (χ2v) is 7.54. The Labute approximate surface area is 173 Å². The van der Waals surface area contributed by atoms with Gasteiger partial charge in [-0.25, -0.2) is 0 Å². The molecule has 148 valence electrons. The van der Waals surface area contributed by atoms with Crippen molar-refractivity contribution < 1.29 is 14.2 Å². The zero-order chi connectivity index (χ0) is 20.1. The summed E-state index contributed by atoms with van der Waals surface area (Å²) in [5, 5.41) is 21.5. The molecule has 0 saturated heterocycles. The summed E-state index contributed by atoms with van der Waals surface area (Å²) in [6.45, 7) is 0.240. The van der Waals surface area contributed by atoms with Gasteiger partial charge in [0.1, 0.15) is 16.5 Å². The highest BCUT2D eigenvalue weighted by molar-refractivity contribution is 7.19. The average molecular weight is 418 g/mol. The standard InChI is InChI=1S/C20H14N6O3S/c1-27-13-5-2-11(3-6-13)14-9-15(22-21-14)18-23-24-20-26(18)25-19(30-20)12-4-7-16-17(8-12)29-10-28-16/h2-9H,10H2,1H3,(H,21,22). The third-order valence-corrected chi connectivity index (χ3v) is 5.76. The number of methoxy groups -OCH3 is 1. The van der Waals surface area contributed by atoms with Crippen LogP contribution in [0.5, 0.6) is 17.2 Å². The van der Waals surface area contributed by atoms with E-state index in [1.54, 1.807) is 11.6 Å². The summed E-state index contributed by atoms with van der Waals surface area (Å²) in [5.74, 6) is 2.86. The highest BCUT2D eigenvalue weighted by atomic mass is 32.1. The monoisotopic (exact) mass is 418 g/mol. The van der Waals surface area contributed by atoms with Gasteiger partial charge in [-0.1, -0.05) is 11.3 Å². The number of fused-ring (bicyclic) bond motifs is 2. The van der Waals surface area contributed by atoms with Gasteiger partial charge in [-0.3, -0.25) is 5.10 Å². The van der Waals surface area contributed by atoms with Gasteiger partial charge >= 0.3 is 0 Å². The lowest BCUT2D eigenvalue weighted by Crippen LogP contribution is -1.93. The number of benzene rings is 2. The summed E-state index contributed by atoms with van der Waals surface area (Å²) in [6, 6.07) is 15.4. The van der Waals surface area contributed by atoms with Crippen molar-refractivity contribution in [1.82, 2.24) is 30.0 Å². The number of aromatic nitrogens is 6. The van der Waals surface area contributed by atoms with Crippen LogP contribution in [0.25, 0.3) is 38.3 Å². The van der Waals surface area contributed by atoms with Gasteiger partial charge in [0.05, 0.1) is 12.8 Å². The number of nitrogens with zero attached hydrogens (tertiary/aromatic N) is 5. The highest BCUT2D eigenvalue weighted by Crippen LogP contribution is 2.37. The molecule has 0 saturated carbocycles. The fourth-order valence-corrected chi connectivity index (χ4v) is 4.11. The maximum Gasteiger partial charge on any atom is 0.235 e. The molecular formula is C20H14N6O3S. The Kier molecular flexibility index (Phi) is 3.71. The van der Waals surface area contributed by atoms with E-state index in [-0.39, 0.29) is 6.79 Å². The fourth-order valence-electron chi connectivity index (χ4n) is 3.28. The number of aromatic amines is 1. The SMILES string of the molecule is COc1ccc(-c2cc(-c3nnc4sc(-c5ccc6c(c5)OCO6)nn34)[nH]n2)cc1. The average Bonchev–Trinajstić information content (AvgIpc) is 3.56. The van der Waals surface area contributed by atoms with Crippen LogP contribution in [0.1, 0.15) is 0 Å². The Balaban J connectivity index is 1.36. The van der Waals surface area contributed by atoms with E-state index < -0.39 is 0 Å². The Morgan fingerprint density at radius 2 is 1.83 bits per heavy atom. The first-order chi connectivity index (χ1) is 14.8. The van der Waals surface area contributed by atoms with Crippen molar-refractivity contribution in [2.75, 3.05) is 13.9 Å². The summed E-state index contributed by atoms with van der Waals surface area (Å²) >= 11 is 1.45. The van der Waals surface area contributed by atoms with Gasteiger partial charge in [0.15, 0.2) is 11.5 Å². The summed E-state index contributed by atoms with van der Waals surface area (Å²) in [6.07, 6.45) is 0. The van der Waals surface area contributed by atoms with E-state index in [4.69, 9.17) is 19.3 Å². The molecule has 1 aliphatic heterocycles. The molecule has 1 aliphatic rings. The van der Waals surface area contributed by atoms with E-state index in [0.717, 1.165) is 44.8 Å². The van der Waals surface area contributed by atoms with E-state index >= 15 is 0 Å². The second-order valence-electron chi connectivity index (χ2n) is 6.59. The number of nitrogens with one attached hydrogen (secondary N) is 1. The van der Waals surface area contributed by atoms with Crippen molar-refractivity contribution in [1.29, 1.82) is 0 Å². The van der Waals surface area contributed by atoms with Gasteiger partial charge < -0.3 is 14.2 Å². The van der Waals surface area contributed by atoms with E-state index in [1.165, 1.54) is 11.3 Å². The van der Waals surface area contributed by atoms with Crippen LogP contribution >= 0.6 is 11.3 Å². The van der Waals surface area contributed by atoms with Crippen molar-refractivity contribution in [3.05, 3.63) is 48.5 Å². The molecule has 10 heteroatoms. The molecule has 0 radical (unpaired) electrons. The highest BCUT2D eigenvalue weighted by Gasteiger charge is 2.19. The molecule has 2 aromatic carbocycles. The Hall–Kier alpha value is -3.92. The van der Waals surface area contributed by atoms with Gasteiger partial charge in [-0.05, 0) is 48.5 Å². The topological polar surface area (TPSA) is 99.5 Å². The first kappa shape index (κ1) is 17.0. The second kappa shape index (κ2) is 6.56. The maximum atomic E-state index is 5.47. The predicted molar refractivity (Wildman–Crippen MR) is 110 cm³/mol. The quantitative estimate of drug-likeness (QED) is 0.476. The Bertz CT molecular complexity index is 1370. The minimum atomic E-state index is 0.240. The third-order valence-electron chi connectivity index (χ3n) is 4.81. The van der Waals surface area contributed by atoms with Crippen LogP contribution in [0.4, 0.5) is 0 Å². The largest absolute Gasteiger partial charge is 0.497 e. The molecule has 5 aromatic rings. The van der Waals surface area contributed by atoms with Crippen LogP contribution in [0, 0.1) is 0 Å². The number of H-pyrrole nitrogens is 1. The molecule has 0 bridgehead atoms. The van der Waals surface area contributed by atoms with Gasteiger partial charge in [0, 0.05) is 11.1 Å². The van der Waals surface area contributed by atoms with Crippen LogP contribution in [-0.2, 0) is 0 Å². The van der Waals surface area contributed by atoms with Gasteiger partial charge in [0.2, 0.25) is 17.6 Å². The molecule has 4 heterocycles. The molecule has 9 nitrogen and oxygen atoms in total. The van der Waals surface area contributed by atoms with Crippen LogP contribution in [0.15, 0.2) is 48.5 Å². The lowest BCUT2D eigenvalue weighted by Gasteiger charge is -1.99. The van der Waals surface area contributed by atoms with E-state index in [0.29, 0.717) is 10.8 Å². The zero-order valence-electron chi connectivity index (χ0n) is 15.7. The van der Waals surface area contributed by atoms with Crippen molar-refractivity contribution in [2.45, 2.75) is 0 Å². The first-order valence-electron chi connectivity index (χ1n) is 9.11. The minimum absolute atomic E-state index is 0.240. The molecule has 3 aromatic heterocycles. The lowest BCUT2D eigenvalue weighted by molar-refractivity contribution is 0.174. The lowest BCUT2D eigenvalue weighted by atomic mass is 10.1. The summed E-state index contributed by atoms with van der Waals surface area (Å²) in [5.41, 5.74) is 3.44. The molecule has 30 heavy (non-hydrogen) atoms. The smallest absolute Gasteiger partial charge is 0.235 e. The number of hydrogen-bond acceptors (Lipinski definition) is 8. The van der Waals surface area contributed by atoms with Gasteiger partial charge in [-0.15, -0.1) is 10.2 Å². The molecule has 1 N–H and O–H groups in total. The molecule has 0 atom stereocenters. The van der Waals surface area contributed by atoms with E-state index in [9.17, 15) is 0 Å². The molecule has 0 amide bonds. The zero-order valence-corrected chi connectivity index (χ0v) is 16.5. The number of ether oxygens (including phenoxy) is 3. The molecule has 0 spiro atoms. The minimum Gasteiger partial charge on any atom is -0.497 e. The summed E-state index contributed by atoms with van der Waals surface area (Å²) < 4.78 is 17.8. The number of rotatable bonds is 4. The fraction of sp³-hybridized carbons (Fsp3) is 0.100. The first-order valence-corrected chi connectivity index (χ1v) is 9.92. The van der Waals surface area contributed by atoms with Gasteiger partial charge in [-0.2, -0.15) is 14.7 Å². The van der Waals surface area contributed by atoms with Crippen LogP contribution < -0.4 is 14.2 Å². The predicted octanol–water partition coefficient (Wildman–Crippen LogP) is 3.65. The third kappa shape index (κ3) is 2.69. The van der Waals surface area contributed by atoms with Crippen molar-refractivity contribution in [3.8, 4) is 50.6 Å². The van der Waals surface area contributed by atoms with Crippen molar-refractivity contribution in [3.63, 3.8) is 0 Å². The van der Waals surface area contributed by atoms with E-state index in [1.807, 2.05) is 48.5 Å². The van der Waals surface area contributed by atoms with E-state index in [2.05, 4.69) is 20.4 Å². The summed E-state index contributed by atoms with van der Waals surface area (Å²) in [7, 11) is 1.64. The van der Waals surface area contributed by atoms with Gasteiger partial charge in [0.25, 0.3) is 0 Å². The summed E-state index contributed by atoms with van der Waals surface area (Å²) in [4.78, 5) is 0.693. The van der Waals surface area contributed by atoms with Crippen LogP contribution in [0.2, 0.25) is 0 Å². The van der Waals surface area contributed by atoms with Crippen molar-refractivity contribution in [2.24, 2.45) is 0 Å². The molecular weight excluding hydrogens is 404 g/mol. The molecule has 0 unspecified atom stereocenters. The normalized spacial score (nSPS) is 12.6. The van der Waals surface area contributed by atoms with Crippen LogP contribution in [-0.4, -0.2) is 43.9 Å². The molecule has 0 fully saturated rings. The van der Waals surface area contributed by atoms with Crippen molar-refractivity contribution >= 4 is 16.3 Å². The Morgan fingerprint density at radius 1 is 1.00 bits per heavy atom. The number of hydrogen-bond donors (Lipinski definition) is 1. The molecule has 6 rings (SSSR count). The maximum absolute atomic E-state index is 5.47. The van der Waals surface area contributed by atoms with Crippen LogP contribution in [0.3, 0.4) is 0 Å². The Morgan fingerprint density at radius 3 is 2.70 bits per heavy atom.